The largest absolute Gasteiger partial charge is 0.232 e. The molecule has 1 unspecified atom stereocenters. The van der Waals surface area contributed by atoms with Gasteiger partial charge in [-0.2, -0.15) is 0 Å². The molecule has 146 valence electrons. The van der Waals surface area contributed by atoms with E-state index in [4.69, 9.17) is 0 Å². The third-order valence-corrected chi connectivity index (χ3v) is 7.40. The average Bonchev–Trinajstić information content (AvgIpc) is 2.96. The van der Waals surface area contributed by atoms with Gasteiger partial charge in [0.2, 0.25) is 10.0 Å². The minimum absolute atomic E-state index is 0.0606. The first-order valence-corrected chi connectivity index (χ1v) is 12.0. The molecule has 0 radical (unpaired) electrons. The Bertz CT molecular complexity index is 1000. The van der Waals surface area contributed by atoms with Crippen LogP contribution in [0.2, 0.25) is 0 Å². The molecule has 5 nitrogen and oxygen atoms in total. The van der Waals surface area contributed by atoms with Crippen molar-refractivity contribution in [3.05, 3.63) is 70.3 Å². The van der Waals surface area contributed by atoms with Crippen molar-refractivity contribution in [3.63, 3.8) is 0 Å². The van der Waals surface area contributed by atoms with Gasteiger partial charge in [-0.1, -0.05) is 42.5 Å². The van der Waals surface area contributed by atoms with E-state index in [1.165, 1.54) is 5.56 Å². The van der Waals surface area contributed by atoms with E-state index in [1.807, 2.05) is 36.4 Å². The number of hydrogen-bond donors (Lipinski definition) is 2. The van der Waals surface area contributed by atoms with Crippen LogP contribution in [0.3, 0.4) is 0 Å². The van der Waals surface area contributed by atoms with Crippen molar-refractivity contribution in [1.29, 1.82) is 0 Å². The first-order chi connectivity index (χ1) is 12.7. The van der Waals surface area contributed by atoms with Crippen molar-refractivity contribution in [2.45, 2.75) is 50.2 Å². The molecule has 0 amide bonds. The molecule has 1 aliphatic carbocycles. The molecular formula is C20H25NO4S2. The maximum atomic E-state index is 12.2. The van der Waals surface area contributed by atoms with E-state index >= 15 is 0 Å². The lowest BCUT2D eigenvalue weighted by Gasteiger charge is -2.16. The number of sulfonamides is 1. The van der Waals surface area contributed by atoms with Crippen LogP contribution in [0.25, 0.3) is 0 Å². The van der Waals surface area contributed by atoms with Gasteiger partial charge in [0.1, 0.15) is 10.7 Å². The van der Waals surface area contributed by atoms with Crippen LogP contribution in [0, 0.1) is 0 Å². The van der Waals surface area contributed by atoms with Crippen molar-refractivity contribution >= 4 is 20.7 Å². The van der Waals surface area contributed by atoms with Crippen LogP contribution in [-0.4, -0.2) is 22.1 Å². The summed E-state index contributed by atoms with van der Waals surface area (Å²) in [5, 5.41) is -0.447. The second-order valence-corrected chi connectivity index (χ2v) is 10.6. The molecule has 0 bridgehead atoms. The van der Waals surface area contributed by atoms with Crippen LogP contribution in [0.4, 0.5) is 0 Å². The molecule has 0 saturated heterocycles. The molecule has 2 aromatic carbocycles. The SMILES string of the molecule is CC(C)S(=O)(=O)NC1CCc2cc(Cc3cccc(C[SH](=O)=O)c3)ccc21. The molecule has 0 fully saturated rings. The fraction of sp³-hybridized carbons (Fsp3) is 0.400. The molecule has 0 saturated carbocycles. The first kappa shape index (κ1) is 20.0. The second-order valence-electron chi connectivity index (χ2n) is 7.32. The Morgan fingerprint density at radius 2 is 1.78 bits per heavy atom. The monoisotopic (exact) mass is 407 g/mol. The number of benzene rings is 2. The second kappa shape index (κ2) is 8.12. The summed E-state index contributed by atoms with van der Waals surface area (Å²) in [4.78, 5) is 0. The zero-order chi connectivity index (χ0) is 19.6. The van der Waals surface area contributed by atoms with E-state index in [1.54, 1.807) is 13.8 Å². The summed E-state index contributed by atoms with van der Waals surface area (Å²) >= 11 is 0. The molecule has 1 atom stereocenters. The number of thiol groups is 1. The Hall–Kier alpha value is -1.70. The van der Waals surface area contributed by atoms with Crippen molar-refractivity contribution in [1.82, 2.24) is 4.72 Å². The van der Waals surface area contributed by atoms with Crippen LogP contribution >= 0.6 is 0 Å². The highest BCUT2D eigenvalue weighted by Gasteiger charge is 2.28. The van der Waals surface area contributed by atoms with E-state index in [-0.39, 0.29) is 11.8 Å². The Morgan fingerprint density at radius 3 is 2.48 bits per heavy atom. The van der Waals surface area contributed by atoms with E-state index in [2.05, 4.69) is 10.8 Å². The molecule has 3 rings (SSSR count). The number of hydrogen-bond acceptors (Lipinski definition) is 4. The molecule has 1 aliphatic rings. The summed E-state index contributed by atoms with van der Waals surface area (Å²) < 4.78 is 49.0. The molecule has 0 aromatic heterocycles. The van der Waals surface area contributed by atoms with Crippen LogP contribution in [0.5, 0.6) is 0 Å². The number of nitrogens with one attached hydrogen (secondary N) is 1. The average molecular weight is 408 g/mol. The molecule has 2 aromatic rings. The topological polar surface area (TPSA) is 80.3 Å². The van der Waals surface area contributed by atoms with Gasteiger partial charge in [-0.25, -0.2) is 21.6 Å². The summed E-state index contributed by atoms with van der Waals surface area (Å²) in [6, 6.07) is 13.7. The standard InChI is InChI=1S/C20H25NO4S2/c1-14(2)27(24,25)21-20-9-7-18-12-16(6-8-19(18)20)10-15-4-3-5-17(11-15)13-26(22)23/h3-6,8,11-12,14,20-21,26H,7,9-10,13H2,1-2H3. The van der Waals surface area contributed by atoms with E-state index < -0.39 is 26.0 Å². The van der Waals surface area contributed by atoms with E-state index in [0.29, 0.717) is 0 Å². The quantitative estimate of drug-likeness (QED) is 0.692. The first-order valence-electron chi connectivity index (χ1n) is 9.07. The molecule has 0 spiro atoms. The minimum Gasteiger partial charge on any atom is -0.232 e. The van der Waals surface area contributed by atoms with Crippen molar-refractivity contribution < 1.29 is 16.8 Å². The molecule has 27 heavy (non-hydrogen) atoms. The van der Waals surface area contributed by atoms with Gasteiger partial charge in [0.05, 0.1) is 11.0 Å². The summed E-state index contributed by atoms with van der Waals surface area (Å²) in [5.74, 6) is 0.0606. The third-order valence-electron chi connectivity index (χ3n) is 4.92. The molecular weight excluding hydrogens is 382 g/mol. The summed E-state index contributed by atoms with van der Waals surface area (Å²) in [6.07, 6.45) is 2.35. The Labute approximate surface area is 162 Å². The van der Waals surface area contributed by atoms with E-state index in [0.717, 1.165) is 41.5 Å². The van der Waals surface area contributed by atoms with Crippen LogP contribution in [0.1, 0.15) is 54.1 Å². The summed E-state index contributed by atoms with van der Waals surface area (Å²) in [5.41, 5.74) is 5.25. The number of rotatable bonds is 7. The smallest absolute Gasteiger partial charge is 0.214 e. The summed E-state index contributed by atoms with van der Waals surface area (Å²) in [6.45, 7) is 3.36. The lowest BCUT2D eigenvalue weighted by Crippen LogP contribution is -2.33. The Balaban J connectivity index is 1.76. The van der Waals surface area contributed by atoms with Gasteiger partial charge in [-0.05, 0) is 60.9 Å². The van der Waals surface area contributed by atoms with Crippen molar-refractivity contribution in [3.8, 4) is 0 Å². The normalized spacial score (nSPS) is 16.8. The third kappa shape index (κ3) is 4.97. The van der Waals surface area contributed by atoms with E-state index in [9.17, 15) is 16.8 Å². The van der Waals surface area contributed by atoms with Gasteiger partial charge in [0.15, 0.2) is 0 Å². The maximum Gasteiger partial charge on any atom is 0.214 e. The van der Waals surface area contributed by atoms with Crippen molar-refractivity contribution in [2.24, 2.45) is 0 Å². The number of aryl methyl sites for hydroxylation is 1. The summed E-state index contributed by atoms with van der Waals surface area (Å²) in [7, 11) is -5.73. The highest BCUT2D eigenvalue weighted by atomic mass is 32.2. The lowest BCUT2D eigenvalue weighted by atomic mass is 9.99. The van der Waals surface area contributed by atoms with Gasteiger partial charge < -0.3 is 0 Å². The van der Waals surface area contributed by atoms with Crippen LogP contribution in [0.15, 0.2) is 42.5 Å². The van der Waals surface area contributed by atoms with Crippen LogP contribution < -0.4 is 4.72 Å². The highest BCUT2D eigenvalue weighted by Crippen LogP contribution is 2.33. The fourth-order valence-corrected chi connectivity index (χ4v) is 4.87. The molecule has 7 heteroatoms. The predicted molar refractivity (Wildman–Crippen MR) is 108 cm³/mol. The molecule has 1 N–H and O–H groups in total. The Morgan fingerprint density at radius 1 is 1.07 bits per heavy atom. The lowest BCUT2D eigenvalue weighted by molar-refractivity contribution is 0.546. The van der Waals surface area contributed by atoms with Gasteiger partial charge >= 0.3 is 0 Å². The van der Waals surface area contributed by atoms with Crippen LogP contribution in [-0.2, 0) is 39.3 Å². The van der Waals surface area contributed by atoms with Gasteiger partial charge in [0.25, 0.3) is 0 Å². The zero-order valence-corrected chi connectivity index (χ0v) is 17.2. The fourth-order valence-electron chi connectivity index (χ4n) is 3.46. The maximum absolute atomic E-state index is 12.2. The molecule has 0 aliphatic heterocycles. The number of fused-ring (bicyclic) bond motifs is 1. The van der Waals surface area contributed by atoms with Crippen molar-refractivity contribution in [2.75, 3.05) is 0 Å². The van der Waals surface area contributed by atoms with Gasteiger partial charge in [-0.15, -0.1) is 0 Å². The predicted octanol–water partition coefficient (Wildman–Crippen LogP) is 2.70. The zero-order valence-electron chi connectivity index (χ0n) is 15.5. The minimum atomic E-state index is -3.30. The van der Waals surface area contributed by atoms with Gasteiger partial charge in [0, 0.05) is 6.04 Å². The molecule has 0 heterocycles. The van der Waals surface area contributed by atoms with Gasteiger partial charge in [-0.3, -0.25) is 0 Å². The Kier molecular flexibility index (Phi) is 6.03. The highest BCUT2D eigenvalue weighted by molar-refractivity contribution is 7.90.